The quantitative estimate of drug-likeness (QED) is 0.668. The van der Waals surface area contributed by atoms with Crippen molar-refractivity contribution >= 4 is 23.6 Å². The Balaban J connectivity index is 2.01. The summed E-state index contributed by atoms with van der Waals surface area (Å²) < 4.78 is 0. The minimum absolute atomic E-state index is 0.102. The largest absolute Gasteiger partial charge is 0.481 e. The van der Waals surface area contributed by atoms with E-state index >= 15 is 0 Å². The van der Waals surface area contributed by atoms with Gasteiger partial charge in [-0.05, 0) is 11.8 Å². The van der Waals surface area contributed by atoms with Gasteiger partial charge in [-0.1, -0.05) is 13.8 Å². The van der Waals surface area contributed by atoms with E-state index in [4.69, 9.17) is 5.11 Å². The number of thioether (sulfide) groups is 1. The van der Waals surface area contributed by atoms with Crippen molar-refractivity contribution in [3.05, 3.63) is 0 Å². The maximum Gasteiger partial charge on any atom is 0.313 e. The predicted octanol–water partition coefficient (Wildman–Crippen LogP) is 0.967. The Labute approximate surface area is 93.8 Å². The van der Waals surface area contributed by atoms with Crippen LogP contribution >= 0.6 is 11.8 Å². The van der Waals surface area contributed by atoms with Gasteiger partial charge in [0.1, 0.15) is 0 Å². The lowest BCUT2D eigenvalue weighted by molar-refractivity contribution is -0.133. The Morgan fingerprint density at radius 2 is 2.13 bits per heavy atom. The Morgan fingerprint density at radius 3 is 2.60 bits per heavy atom. The molecule has 0 radical (unpaired) electrons. The molecule has 4 nitrogen and oxygen atoms in total. The van der Waals surface area contributed by atoms with E-state index in [0.29, 0.717) is 12.3 Å². The van der Waals surface area contributed by atoms with Crippen molar-refractivity contribution in [3.63, 3.8) is 0 Å². The van der Waals surface area contributed by atoms with Crippen LogP contribution in [0.2, 0.25) is 0 Å². The molecule has 0 spiro atoms. The number of carbonyl (C=O) groups excluding carboxylic acids is 1. The molecule has 0 aromatic rings. The van der Waals surface area contributed by atoms with Crippen molar-refractivity contribution in [3.8, 4) is 0 Å². The number of hydrogen-bond acceptors (Lipinski definition) is 3. The van der Waals surface area contributed by atoms with E-state index in [-0.39, 0.29) is 23.0 Å². The summed E-state index contributed by atoms with van der Waals surface area (Å²) in [5, 5.41) is 11.2. The van der Waals surface area contributed by atoms with Crippen LogP contribution in [0.4, 0.5) is 0 Å². The van der Waals surface area contributed by atoms with Crippen LogP contribution in [0.5, 0.6) is 0 Å². The van der Waals surface area contributed by atoms with Crippen LogP contribution in [-0.4, -0.2) is 35.0 Å². The lowest BCUT2D eigenvalue weighted by atomic mass is 10.1. The average molecular weight is 231 g/mol. The monoisotopic (exact) mass is 231 g/mol. The smallest absolute Gasteiger partial charge is 0.313 e. The van der Waals surface area contributed by atoms with Crippen molar-refractivity contribution in [1.29, 1.82) is 0 Å². The minimum Gasteiger partial charge on any atom is -0.481 e. The highest BCUT2D eigenvalue weighted by Gasteiger charge is 2.50. The summed E-state index contributed by atoms with van der Waals surface area (Å²) in [5.74, 6) is 0.211. The van der Waals surface area contributed by atoms with Crippen molar-refractivity contribution in [2.24, 2.45) is 11.3 Å². The number of carboxylic acid groups (broad SMARTS) is 1. The van der Waals surface area contributed by atoms with Crippen LogP contribution in [0, 0.1) is 11.3 Å². The van der Waals surface area contributed by atoms with Crippen molar-refractivity contribution in [1.82, 2.24) is 5.32 Å². The molecule has 0 aliphatic heterocycles. The Kier molecular flexibility index (Phi) is 4.02. The first-order chi connectivity index (χ1) is 6.93. The van der Waals surface area contributed by atoms with Gasteiger partial charge in [0.15, 0.2) is 0 Å². The van der Waals surface area contributed by atoms with Crippen LogP contribution in [0.3, 0.4) is 0 Å². The normalized spacial score (nSPS) is 22.1. The fraction of sp³-hybridized carbons (Fsp3) is 0.800. The second-order valence-corrected chi connectivity index (χ2v) is 5.59. The maximum atomic E-state index is 11.5. The second kappa shape index (κ2) is 4.88. The maximum absolute atomic E-state index is 11.5. The summed E-state index contributed by atoms with van der Waals surface area (Å²) in [6.45, 7) is 4.72. The lowest BCUT2D eigenvalue weighted by Gasteiger charge is -2.05. The number of aliphatic carboxylic acids is 1. The first-order valence-electron chi connectivity index (χ1n) is 5.01. The van der Waals surface area contributed by atoms with Gasteiger partial charge in [0.2, 0.25) is 5.91 Å². The Morgan fingerprint density at radius 1 is 1.53 bits per heavy atom. The molecule has 1 aliphatic carbocycles. The number of carboxylic acids is 1. The van der Waals surface area contributed by atoms with Crippen LogP contribution in [0.1, 0.15) is 20.3 Å². The molecule has 0 aromatic carbocycles. The number of nitrogens with one attached hydrogen (secondary N) is 1. The van der Waals surface area contributed by atoms with Gasteiger partial charge in [0, 0.05) is 18.2 Å². The van der Waals surface area contributed by atoms with Crippen LogP contribution in [0.15, 0.2) is 0 Å². The summed E-state index contributed by atoms with van der Waals surface area (Å²) >= 11 is 1.32. The third-order valence-electron chi connectivity index (χ3n) is 2.60. The molecule has 0 aromatic heterocycles. The van der Waals surface area contributed by atoms with Crippen molar-refractivity contribution < 1.29 is 14.7 Å². The van der Waals surface area contributed by atoms with Gasteiger partial charge in [-0.25, -0.2) is 0 Å². The molecular weight excluding hydrogens is 214 g/mol. The molecule has 86 valence electrons. The molecule has 1 fully saturated rings. The van der Waals surface area contributed by atoms with Gasteiger partial charge >= 0.3 is 5.97 Å². The summed E-state index contributed by atoms with van der Waals surface area (Å²) in [5.41, 5.74) is 0.165. The molecule has 1 atom stereocenters. The molecule has 0 heterocycles. The molecule has 15 heavy (non-hydrogen) atoms. The van der Waals surface area contributed by atoms with Crippen LogP contribution in [0.25, 0.3) is 0 Å². The van der Waals surface area contributed by atoms with Gasteiger partial charge in [0.05, 0.1) is 5.75 Å². The Hall–Kier alpha value is -0.710. The van der Waals surface area contributed by atoms with E-state index < -0.39 is 5.97 Å². The van der Waals surface area contributed by atoms with E-state index in [1.807, 2.05) is 0 Å². The van der Waals surface area contributed by atoms with Gasteiger partial charge in [0.25, 0.3) is 0 Å². The topological polar surface area (TPSA) is 66.4 Å². The number of carbonyl (C=O) groups is 2. The zero-order valence-corrected chi connectivity index (χ0v) is 9.89. The van der Waals surface area contributed by atoms with Gasteiger partial charge in [-0.15, -0.1) is 11.8 Å². The number of rotatable bonds is 6. The third-order valence-corrected chi connectivity index (χ3v) is 3.54. The standard InChI is InChI=1S/C10H17NO3S/c1-10(2)5-7(10)9(14)11-3-4-15-6-8(12)13/h7H,3-6H2,1-2H3,(H,11,14)(H,12,13). The fourth-order valence-corrected chi connectivity index (χ4v) is 2.01. The molecule has 5 heteroatoms. The van der Waals surface area contributed by atoms with Crippen LogP contribution in [-0.2, 0) is 9.59 Å². The molecule has 1 amide bonds. The molecule has 1 saturated carbocycles. The molecular formula is C10H17NO3S. The highest BCUT2D eigenvalue weighted by molar-refractivity contribution is 7.99. The highest BCUT2D eigenvalue weighted by atomic mass is 32.2. The summed E-state index contributed by atoms with van der Waals surface area (Å²) in [7, 11) is 0. The van der Waals surface area contributed by atoms with E-state index in [0.717, 1.165) is 6.42 Å². The van der Waals surface area contributed by atoms with E-state index in [1.165, 1.54) is 11.8 Å². The molecule has 1 rings (SSSR count). The summed E-state index contributed by atoms with van der Waals surface area (Å²) in [6, 6.07) is 0. The lowest BCUT2D eigenvalue weighted by Crippen LogP contribution is -2.28. The zero-order chi connectivity index (χ0) is 11.5. The minimum atomic E-state index is -0.811. The zero-order valence-electron chi connectivity index (χ0n) is 9.08. The average Bonchev–Trinajstić information content (AvgIpc) is 2.74. The SMILES string of the molecule is CC1(C)CC1C(=O)NCCSCC(=O)O. The van der Waals surface area contributed by atoms with Gasteiger partial charge in [-0.2, -0.15) is 0 Å². The first-order valence-corrected chi connectivity index (χ1v) is 6.16. The van der Waals surface area contributed by atoms with Gasteiger partial charge < -0.3 is 10.4 Å². The molecule has 1 aliphatic rings. The first kappa shape index (κ1) is 12.4. The van der Waals surface area contributed by atoms with Crippen LogP contribution < -0.4 is 5.32 Å². The predicted molar refractivity (Wildman–Crippen MR) is 59.9 cm³/mol. The summed E-state index contributed by atoms with van der Waals surface area (Å²) in [6.07, 6.45) is 0.959. The summed E-state index contributed by atoms with van der Waals surface area (Å²) in [4.78, 5) is 21.7. The van der Waals surface area contributed by atoms with Gasteiger partial charge in [-0.3, -0.25) is 9.59 Å². The van der Waals surface area contributed by atoms with E-state index in [1.54, 1.807) is 0 Å². The molecule has 0 bridgehead atoms. The molecule has 0 saturated heterocycles. The van der Waals surface area contributed by atoms with E-state index in [2.05, 4.69) is 19.2 Å². The van der Waals surface area contributed by atoms with Crippen molar-refractivity contribution in [2.45, 2.75) is 20.3 Å². The molecule has 1 unspecified atom stereocenters. The Bertz CT molecular complexity index is 265. The molecule has 2 N–H and O–H groups in total. The van der Waals surface area contributed by atoms with Crippen molar-refractivity contribution in [2.75, 3.05) is 18.1 Å². The fourth-order valence-electron chi connectivity index (χ4n) is 1.44. The number of hydrogen-bond donors (Lipinski definition) is 2. The number of amides is 1. The second-order valence-electron chi connectivity index (χ2n) is 4.48. The third kappa shape index (κ3) is 4.11. The highest BCUT2D eigenvalue weighted by Crippen LogP contribution is 2.51. The van der Waals surface area contributed by atoms with E-state index in [9.17, 15) is 9.59 Å².